The van der Waals surface area contributed by atoms with E-state index in [1.807, 2.05) is 6.07 Å². The summed E-state index contributed by atoms with van der Waals surface area (Å²) in [5, 5.41) is 31.3. The van der Waals surface area contributed by atoms with Gasteiger partial charge in [0.2, 0.25) is 0 Å². The van der Waals surface area contributed by atoms with Gasteiger partial charge in [-0.3, -0.25) is 0 Å². The number of carbonyl (C=O) groups is 1. The average molecular weight is 327 g/mol. The van der Waals surface area contributed by atoms with Gasteiger partial charge in [-0.1, -0.05) is 17.7 Å². The Morgan fingerprint density at radius 2 is 2.09 bits per heavy atom. The first-order chi connectivity index (χ1) is 10.1. The average Bonchev–Trinajstić information content (AvgIpc) is 2.42. The van der Waals surface area contributed by atoms with Gasteiger partial charge in [-0.25, -0.2) is 4.79 Å². The number of benzene rings is 1. The minimum absolute atomic E-state index is 0.169. The second-order valence-electron chi connectivity index (χ2n) is 5.74. The second kappa shape index (κ2) is 7.45. The Morgan fingerprint density at radius 1 is 1.45 bits per heavy atom. The van der Waals surface area contributed by atoms with E-state index in [4.69, 9.17) is 21.6 Å². The molecule has 0 saturated carbocycles. The summed E-state index contributed by atoms with van der Waals surface area (Å²) in [6, 6.07) is 6.26. The van der Waals surface area contributed by atoms with E-state index in [2.05, 4.69) is 5.32 Å². The Hall–Kier alpha value is -1.81. The van der Waals surface area contributed by atoms with Crippen molar-refractivity contribution in [3.05, 3.63) is 34.3 Å². The van der Waals surface area contributed by atoms with Crippen LogP contribution in [0.5, 0.6) is 0 Å². The van der Waals surface area contributed by atoms with Crippen LogP contribution in [0.3, 0.4) is 0 Å². The van der Waals surface area contributed by atoms with Gasteiger partial charge in [0.25, 0.3) is 0 Å². The maximum Gasteiger partial charge on any atom is 0.407 e. The Balaban J connectivity index is 2.64. The van der Waals surface area contributed by atoms with Crippen LogP contribution >= 0.6 is 11.6 Å². The highest BCUT2D eigenvalue weighted by Gasteiger charge is 2.23. The molecule has 3 N–H and O–H groups in total. The third kappa shape index (κ3) is 5.53. The van der Waals surface area contributed by atoms with Crippen LogP contribution in [0.1, 0.15) is 38.0 Å². The van der Waals surface area contributed by atoms with Gasteiger partial charge in [0.05, 0.1) is 11.6 Å². The predicted octanol–water partition coefficient (Wildman–Crippen LogP) is 2.13. The maximum absolute atomic E-state index is 11.5. The van der Waals surface area contributed by atoms with Crippen molar-refractivity contribution in [2.24, 2.45) is 0 Å². The molecule has 0 aliphatic heterocycles. The number of aliphatic hydroxyl groups excluding tert-OH is 2. The van der Waals surface area contributed by atoms with E-state index in [1.54, 1.807) is 20.8 Å². The van der Waals surface area contributed by atoms with Crippen molar-refractivity contribution >= 4 is 17.7 Å². The Morgan fingerprint density at radius 3 is 2.59 bits per heavy atom. The van der Waals surface area contributed by atoms with Gasteiger partial charge in [0.1, 0.15) is 17.8 Å². The molecule has 7 heteroatoms. The van der Waals surface area contributed by atoms with Gasteiger partial charge >= 0.3 is 6.09 Å². The summed E-state index contributed by atoms with van der Waals surface area (Å²) in [6.07, 6.45) is -3.25. The number of halogens is 1. The monoisotopic (exact) mass is 326 g/mol. The van der Waals surface area contributed by atoms with Gasteiger partial charge in [-0.2, -0.15) is 5.26 Å². The number of carbonyl (C=O) groups excluding carboxylic acids is 1. The Kier molecular flexibility index (Phi) is 6.18. The van der Waals surface area contributed by atoms with E-state index in [0.29, 0.717) is 5.56 Å². The number of rotatable bonds is 4. The molecule has 0 aliphatic rings. The molecule has 0 bridgehead atoms. The molecular weight excluding hydrogens is 308 g/mol. The zero-order valence-electron chi connectivity index (χ0n) is 12.6. The summed E-state index contributed by atoms with van der Waals surface area (Å²) in [6.45, 7) is 4.95. The van der Waals surface area contributed by atoms with Crippen molar-refractivity contribution in [1.82, 2.24) is 5.32 Å². The smallest absolute Gasteiger partial charge is 0.407 e. The molecule has 0 heterocycles. The lowest BCUT2D eigenvalue weighted by Gasteiger charge is -2.22. The largest absolute Gasteiger partial charge is 0.444 e. The van der Waals surface area contributed by atoms with Gasteiger partial charge in [0, 0.05) is 17.1 Å². The molecule has 1 amide bonds. The number of ether oxygens (including phenoxy) is 1. The predicted molar refractivity (Wildman–Crippen MR) is 81.4 cm³/mol. The number of hydrogen-bond acceptors (Lipinski definition) is 5. The molecule has 6 nitrogen and oxygen atoms in total. The third-order valence-electron chi connectivity index (χ3n) is 2.67. The van der Waals surface area contributed by atoms with E-state index in [-0.39, 0.29) is 17.1 Å². The van der Waals surface area contributed by atoms with Crippen LogP contribution in [-0.2, 0) is 4.74 Å². The molecule has 0 spiro atoms. The fourth-order valence-corrected chi connectivity index (χ4v) is 1.95. The highest BCUT2D eigenvalue weighted by Crippen LogP contribution is 2.26. The van der Waals surface area contributed by atoms with Crippen LogP contribution in [0, 0.1) is 11.3 Å². The third-order valence-corrected chi connectivity index (χ3v) is 2.99. The molecule has 2 atom stereocenters. The molecule has 0 aliphatic carbocycles. The highest BCUT2D eigenvalue weighted by molar-refractivity contribution is 6.31. The summed E-state index contributed by atoms with van der Waals surface area (Å²) >= 11 is 5.96. The number of alkyl carbamates (subject to hydrolysis) is 1. The molecule has 0 fully saturated rings. The molecule has 120 valence electrons. The summed E-state index contributed by atoms with van der Waals surface area (Å²) in [7, 11) is 0. The molecular formula is C15H19ClN2O4. The highest BCUT2D eigenvalue weighted by atomic mass is 35.5. The van der Waals surface area contributed by atoms with Crippen molar-refractivity contribution in [2.45, 2.75) is 38.6 Å². The number of aliphatic hydroxyl groups is 2. The van der Waals surface area contributed by atoms with E-state index in [0.717, 1.165) is 0 Å². The number of nitrogens with zero attached hydrogens (tertiary/aromatic N) is 1. The minimum Gasteiger partial charge on any atom is -0.444 e. The summed E-state index contributed by atoms with van der Waals surface area (Å²) in [4.78, 5) is 11.5. The number of nitrogens with one attached hydrogen (secondary N) is 1. The lowest BCUT2D eigenvalue weighted by atomic mass is 10.0. The second-order valence-corrected chi connectivity index (χ2v) is 6.15. The molecule has 0 radical (unpaired) electrons. The van der Waals surface area contributed by atoms with Crippen LogP contribution < -0.4 is 5.32 Å². The quantitative estimate of drug-likeness (QED) is 0.786. The lowest BCUT2D eigenvalue weighted by Crippen LogP contribution is -2.38. The topological polar surface area (TPSA) is 103 Å². The zero-order valence-corrected chi connectivity index (χ0v) is 13.4. The summed E-state index contributed by atoms with van der Waals surface area (Å²) in [5.74, 6) is 0. The van der Waals surface area contributed by atoms with Crippen molar-refractivity contribution < 1.29 is 19.7 Å². The van der Waals surface area contributed by atoms with Gasteiger partial charge in [-0.05, 0) is 32.9 Å². The van der Waals surface area contributed by atoms with Crippen LogP contribution in [0.4, 0.5) is 4.79 Å². The van der Waals surface area contributed by atoms with Crippen molar-refractivity contribution in [3.8, 4) is 6.07 Å². The van der Waals surface area contributed by atoms with Crippen molar-refractivity contribution in [3.63, 3.8) is 0 Å². The lowest BCUT2D eigenvalue weighted by molar-refractivity contribution is 0.0130. The molecule has 1 aromatic carbocycles. The van der Waals surface area contributed by atoms with E-state index in [1.165, 1.54) is 18.2 Å². The fraction of sp³-hybridized carbons (Fsp3) is 0.467. The van der Waals surface area contributed by atoms with Crippen LogP contribution in [-0.4, -0.2) is 34.6 Å². The normalized spacial score (nSPS) is 13.9. The van der Waals surface area contributed by atoms with Crippen molar-refractivity contribution in [1.29, 1.82) is 5.26 Å². The van der Waals surface area contributed by atoms with Gasteiger partial charge in [-0.15, -0.1) is 0 Å². The Labute approximate surface area is 134 Å². The van der Waals surface area contributed by atoms with Crippen LogP contribution in [0.2, 0.25) is 5.02 Å². The van der Waals surface area contributed by atoms with E-state index in [9.17, 15) is 15.0 Å². The first-order valence-corrected chi connectivity index (χ1v) is 7.04. The standard InChI is InChI=1S/C15H19ClN2O4/c1-15(2,3)22-14(21)18-8-12(19)13(20)10-5-4-9(7-17)6-11(10)16/h4-6,12-13,19-20H,8H2,1-3H3,(H,18,21). The van der Waals surface area contributed by atoms with Crippen LogP contribution in [0.15, 0.2) is 18.2 Å². The van der Waals surface area contributed by atoms with Crippen LogP contribution in [0.25, 0.3) is 0 Å². The van der Waals surface area contributed by atoms with Crippen molar-refractivity contribution in [2.75, 3.05) is 6.54 Å². The number of hydrogen-bond donors (Lipinski definition) is 3. The van der Waals surface area contributed by atoms with Gasteiger partial charge in [0.15, 0.2) is 0 Å². The summed E-state index contributed by atoms with van der Waals surface area (Å²) in [5.41, 5.74) is -0.0224. The SMILES string of the molecule is CC(C)(C)OC(=O)NCC(O)C(O)c1ccc(C#N)cc1Cl. The van der Waals surface area contributed by atoms with E-state index < -0.39 is 23.9 Å². The summed E-state index contributed by atoms with van der Waals surface area (Å²) < 4.78 is 5.02. The molecule has 1 rings (SSSR count). The fourth-order valence-electron chi connectivity index (χ4n) is 1.66. The number of amides is 1. The number of nitriles is 1. The molecule has 0 saturated heterocycles. The zero-order chi connectivity index (χ0) is 16.9. The molecule has 1 aromatic rings. The maximum atomic E-state index is 11.5. The molecule has 2 unspecified atom stereocenters. The Bertz CT molecular complexity index is 578. The molecule has 22 heavy (non-hydrogen) atoms. The molecule has 0 aromatic heterocycles. The first kappa shape index (κ1) is 18.2. The minimum atomic E-state index is -1.30. The van der Waals surface area contributed by atoms with Gasteiger partial charge < -0.3 is 20.3 Å². The first-order valence-electron chi connectivity index (χ1n) is 6.66. The van der Waals surface area contributed by atoms with E-state index >= 15 is 0 Å².